The maximum absolute atomic E-state index is 11.6. The summed E-state index contributed by atoms with van der Waals surface area (Å²) < 4.78 is 4.59. The predicted molar refractivity (Wildman–Crippen MR) is 65.9 cm³/mol. The number of nitrogens with zero attached hydrogens (tertiary/aromatic N) is 1. The third-order valence-electron chi connectivity index (χ3n) is 2.99. The summed E-state index contributed by atoms with van der Waals surface area (Å²) >= 11 is 0. The SMILES string of the molecule is C=C1C(=O)OC(=O)c2cc3cccc(C)c3nc21. The number of carbonyl (C=O) groups excluding carboxylic acids is 2. The molecule has 2 heterocycles. The summed E-state index contributed by atoms with van der Waals surface area (Å²) in [6.07, 6.45) is 0. The molecule has 3 rings (SSSR count). The molecule has 0 unspecified atom stereocenters. The Bertz CT molecular complexity index is 731. The van der Waals surface area contributed by atoms with Gasteiger partial charge < -0.3 is 4.74 Å². The monoisotopic (exact) mass is 239 g/mol. The van der Waals surface area contributed by atoms with Gasteiger partial charge in [-0.25, -0.2) is 14.6 Å². The highest BCUT2D eigenvalue weighted by Crippen LogP contribution is 2.28. The number of carbonyl (C=O) groups is 2. The lowest BCUT2D eigenvalue weighted by atomic mass is 10.0. The fraction of sp³-hybridized carbons (Fsp3) is 0.0714. The minimum absolute atomic E-state index is 0.120. The van der Waals surface area contributed by atoms with Gasteiger partial charge in [-0.15, -0.1) is 0 Å². The molecule has 4 heteroatoms. The number of fused-ring (bicyclic) bond motifs is 2. The van der Waals surface area contributed by atoms with Crippen LogP contribution in [-0.4, -0.2) is 16.9 Å². The van der Waals surface area contributed by atoms with Crippen LogP contribution < -0.4 is 0 Å². The number of ether oxygens (including phenoxy) is 1. The van der Waals surface area contributed by atoms with Crippen LogP contribution in [0.15, 0.2) is 30.8 Å². The van der Waals surface area contributed by atoms with Crippen LogP contribution in [0.4, 0.5) is 0 Å². The van der Waals surface area contributed by atoms with Crippen LogP contribution in [-0.2, 0) is 9.53 Å². The van der Waals surface area contributed by atoms with Gasteiger partial charge >= 0.3 is 11.9 Å². The number of hydrogen-bond donors (Lipinski definition) is 0. The number of rotatable bonds is 0. The first-order valence-electron chi connectivity index (χ1n) is 5.44. The third kappa shape index (κ3) is 1.35. The summed E-state index contributed by atoms with van der Waals surface area (Å²) in [5.41, 5.74) is 2.47. The zero-order valence-corrected chi connectivity index (χ0v) is 9.69. The fourth-order valence-corrected chi connectivity index (χ4v) is 2.03. The van der Waals surface area contributed by atoms with Gasteiger partial charge in [-0.2, -0.15) is 0 Å². The van der Waals surface area contributed by atoms with Crippen molar-refractivity contribution in [1.82, 2.24) is 4.98 Å². The van der Waals surface area contributed by atoms with E-state index in [1.54, 1.807) is 6.07 Å². The molecule has 2 aromatic rings. The number of aromatic nitrogens is 1. The molecule has 0 N–H and O–H groups in total. The van der Waals surface area contributed by atoms with Crippen LogP contribution >= 0.6 is 0 Å². The van der Waals surface area contributed by atoms with Crippen molar-refractivity contribution >= 4 is 28.4 Å². The first-order valence-corrected chi connectivity index (χ1v) is 5.44. The van der Waals surface area contributed by atoms with E-state index >= 15 is 0 Å². The number of cyclic esters (lactones) is 2. The van der Waals surface area contributed by atoms with Gasteiger partial charge in [-0.1, -0.05) is 24.8 Å². The Kier molecular flexibility index (Phi) is 2.07. The van der Waals surface area contributed by atoms with Gasteiger partial charge in [0.15, 0.2) is 0 Å². The van der Waals surface area contributed by atoms with Crippen LogP contribution in [0.5, 0.6) is 0 Å². The summed E-state index contributed by atoms with van der Waals surface area (Å²) in [5.74, 6) is -1.40. The van der Waals surface area contributed by atoms with Crippen molar-refractivity contribution in [2.75, 3.05) is 0 Å². The Morgan fingerprint density at radius 3 is 2.78 bits per heavy atom. The van der Waals surface area contributed by atoms with Gasteiger partial charge in [0, 0.05) is 5.39 Å². The Labute approximate surface area is 103 Å². The van der Waals surface area contributed by atoms with Crippen LogP contribution in [0.25, 0.3) is 16.5 Å². The maximum Gasteiger partial charge on any atom is 0.348 e. The minimum Gasteiger partial charge on any atom is -0.386 e. The average Bonchev–Trinajstić information content (AvgIpc) is 2.35. The lowest BCUT2D eigenvalue weighted by Gasteiger charge is -2.16. The summed E-state index contributed by atoms with van der Waals surface area (Å²) in [6, 6.07) is 7.36. The highest BCUT2D eigenvalue weighted by Gasteiger charge is 2.30. The number of aryl methyl sites for hydroxylation is 1. The first-order chi connectivity index (χ1) is 8.58. The van der Waals surface area contributed by atoms with Crippen molar-refractivity contribution in [3.8, 4) is 0 Å². The molecule has 0 bridgehead atoms. The average molecular weight is 239 g/mol. The Hall–Kier alpha value is -2.49. The number of benzene rings is 1. The van der Waals surface area contributed by atoms with Crippen molar-refractivity contribution in [3.05, 3.63) is 47.7 Å². The van der Waals surface area contributed by atoms with Gasteiger partial charge in [0.1, 0.15) is 0 Å². The van der Waals surface area contributed by atoms with E-state index in [4.69, 9.17) is 0 Å². The van der Waals surface area contributed by atoms with Crippen molar-refractivity contribution < 1.29 is 14.3 Å². The highest BCUT2D eigenvalue weighted by atomic mass is 16.6. The van der Waals surface area contributed by atoms with Crippen LogP contribution in [0.1, 0.15) is 21.6 Å². The number of hydrogen-bond acceptors (Lipinski definition) is 4. The van der Waals surface area contributed by atoms with Crippen molar-refractivity contribution in [2.45, 2.75) is 6.92 Å². The summed E-state index contributed by atoms with van der Waals surface area (Å²) in [4.78, 5) is 27.4. The third-order valence-corrected chi connectivity index (χ3v) is 2.99. The van der Waals surface area contributed by atoms with E-state index in [1.807, 2.05) is 25.1 Å². The van der Waals surface area contributed by atoms with E-state index in [-0.39, 0.29) is 11.1 Å². The molecular weight excluding hydrogens is 230 g/mol. The number of para-hydroxylation sites is 1. The molecule has 1 aromatic carbocycles. The number of esters is 2. The standard InChI is InChI=1S/C14H9NO3/c1-7-4-3-5-9-6-10-12(15-11(7)9)8(2)13(16)18-14(10)17/h3-6H,2H2,1H3. The quantitative estimate of drug-likeness (QED) is 0.402. The topological polar surface area (TPSA) is 56.3 Å². The normalized spacial score (nSPS) is 14.6. The van der Waals surface area contributed by atoms with E-state index < -0.39 is 11.9 Å². The van der Waals surface area contributed by atoms with E-state index in [9.17, 15) is 9.59 Å². The molecule has 1 aliphatic heterocycles. The Balaban J connectivity index is 2.40. The van der Waals surface area contributed by atoms with Crippen LogP contribution in [0, 0.1) is 6.92 Å². The molecule has 0 saturated heterocycles. The lowest BCUT2D eigenvalue weighted by Crippen LogP contribution is -2.22. The molecule has 88 valence electrons. The molecule has 1 aromatic heterocycles. The summed E-state index contributed by atoms with van der Waals surface area (Å²) in [6.45, 7) is 5.54. The van der Waals surface area contributed by atoms with E-state index in [1.165, 1.54) is 0 Å². The minimum atomic E-state index is -0.729. The summed E-state index contributed by atoms with van der Waals surface area (Å²) in [5, 5.41) is 0.841. The van der Waals surface area contributed by atoms with Crippen molar-refractivity contribution in [2.24, 2.45) is 0 Å². The smallest absolute Gasteiger partial charge is 0.348 e. The highest BCUT2D eigenvalue weighted by molar-refractivity contribution is 6.25. The van der Waals surface area contributed by atoms with Crippen LogP contribution in [0.2, 0.25) is 0 Å². The molecule has 0 atom stereocenters. The van der Waals surface area contributed by atoms with E-state index in [0.717, 1.165) is 16.5 Å². The second-order valence-electron chi connectivity index (χ2n) is 4.19. The number of pyridine rings is 1. The largest absolute Gasteiger partial charge is 0.386 e. The van der Waals surface area contributed by atoms with Gasteiger partial charge in [-0.05, 0) is 18.6 Å². The van der Waals surface area contributed by atoms with Crippen molar-refractivity contribution in [3.63, 3.8) is 0 Å². The Morgan fingerprint density at radius 1 is 1.22 bits per heavy atom. The lowest BCUT2D eigenvalue weighted by molar-refractivity contribution is -0.131. The van der Waals surface area contributed by atoms with E-state index in [0.29, 0.717) is 5.69 Å². The fourth-order valence-electron chi connectivity index (χ4n) is 2.03. The zero-order chi connectivity index (χ0) is 12.9. The second-order valence-corrected chi connectivity index (χ2v) is 4.19. The van der Waals surface area contributed by atoms with Crippen molar-refractivity contribution in [1.29, 1.82) is 0 Å². The molecule has 1 aliphatic rings. The maximum atomic E-state index is 11.6. The molecule has 4 nitrogen and oxygen atoms in total. The molecule has 0 amide bonds. The van der Waals surface area contributed by atoms with Crippen LogP contribution in [0.3, 0.4) is 0 Å². The first kappa shape index (κ1) is 10.7. The molecule has 0 aliphatic carbocycles. The van der Waals surface area contributed by atoms with Gasteiger partial charge in [-0.3, -0.25) is 0 Å². The van der Waals surface area contributed by atoms with E-state index in [2.05, 4.69) is 16.3 Å². The second kappa shape index (κ2) is 3.50. The molecule has 0 fully saturated rings. The molecular formula is C14H9NO3. The zero-order valence-electron chi connectivity index (χ0n) is 9.69. The molecule has 0 spiro atoms. The predicted octanol–water partition coefficient (Wildman–Crippen LogP) is 2.25. The molecule has 18 heavy (non-hydrogen) atoms. The molecule has 0 saturated carbocycles. The van der Waals surface area contributed by atoms with Gasteiger partial charge in [0.25, 0.3) is 0 Å². The van der Waals surface area contributed by atoms with Gasteiger partial charge in [0.2, 0.25) is 0 Å². The Morgan fingerprint density at radius 2 is 2.00 bits per heavy atom. The van der Waals surface area contributed by atoms with Gasteiger partial charge in [0.05, 0.1) is 22.3 Å². The molecule has 0 radical (unpaired) electrons. The summed E-state index contributed by atoms with van der Waals surface area (Å²) in [7, 11) is 0.